The highest BCUT2D eigenvalue weighted by molar-refractivity contribution is 5.93. The van der Waals surface area contributed by atoms with Crippen molar-refractivity contribution in [1.29, 1.82) is 5.26 Å². The van der Waals surface area contributed by atoms with Gasteiger partial charge in [-0.25, -0.2) is 4.79 Å². The van der Waals surface area contributed by atoms with Gasteiger partial charge < -0.3 is 25.6 Å². The smallest absolute Gasteiger partial charge is 0.338 e. The molecular formula is C37H65N3O6. The average Bonchev–Trinajstić information content (AvgIpc) is 3.33. The van der Waals surface area contributed by atoms with Crippen molar-refractivity contribution in [3.05, 3.63) is 12.2 Å². The molecule has 1 saturated heterocycles. The molecule has 0 saturated carbocycles. The van der Waals surface area contributed by atoms with E-state index in [2.05, 4.69) is 59.9 Å². The lowest BCUT2D eigenvalue weighted by Crippen LogP contribution is -2.61. The maximum atomic E-state index is 13.6. The second-order valence-corrected chi connectivity index (χ2v) is 17.4. The van der Waals surface area contributed by atoms with Crippen molar-refractivity contribution in [2.45, 2.75) is 159 Å². The molecule has 0 aromatic heterocycles. The fourth-order valence-corrected chi connectivity index (χ4v) is 6.01. The van der Waals surface area contributed by atoms with Crippen LogP contribution in [0.5, 0.6) is 0 Å². The Morgan fingerprint density at radius 1 is 1.02 bits per heavy atom. The van der Waals surface area contributed by atoms with Crippen molar-refractivity contribution in [1.82, 2.24) is 5.32 Å². The van der Waals surface area contributed by atoms with Crippen molar-refractivity contribution in [2.24, 2.45) is 38.7 Å². The Morgan fingerprint density at radius 3 is 2.09 bits per heavy atom. The molecule has 1 heterocycles. The van der Waals surface area contributed by atoms with E-state index in [1.54, 1.807) is 6.08 Å². The summed E-state index contributed by atoms with van der Waals surface area (Å²) in [6.07, 6.45) is 5.10. The Morgan fingerprint density at radius 2 is 1.61 bits per heavy atom. The van der Waals surface area contributed by atoms with Crippen LogP contribution >= 0.6 is 0 Å². The summed E-state index contributed by atoms with van der Waals surface area (Å²) in [6, 6.07) is 1.91. The first-order valence-electron chi connectivity index (χ1n) is 16.9. The summed E-state index contributed by atoms with van der Waals surface area (Å²) in [4.78, 5) is 37.6. The standard InChI is InChI=1S/C37H65N3O6/c1-14-33(5,6)26(31(44)46-30(43)19-17-25-16-18-29(42)40-25)22-35(9,10)37(13,39)27(41)23-34(7,8)36(11,12)28(24-32(2,3)4)45-21-15-20-38/h17,19,25-28,41H,14-16,18,21-24,39H2,1-13H3,(H,40,42)/b19-17+. The summed E-state index contributed by atoms with van der Waals surface area (Å²) in [5.74, 6) is -2.14. The van der Waals surface area contributed by atoms with Gasteiger partial charge in [0.1, 0.15) is 0 Å². The summed E-state index contributed by atoms with van der Waals surface area (Å²) in [7, 11) is 0. The van der Waals surface area contributed by atoms with E-state index in [1.165, 1.54) is 6.08 Å². The van der Waals surface area contributed by atoms with Crippen LogP contribution in [0, 0.1) is 44.3 Å². The molecule has 5 atom stereocenters. The second kappa shape index (κ2) is 15.7. The molecule has 1 aliphatic heterocycles. The summed E-state index contributed by atoms with van der Waals surface area (Å²) in [5.41, 5.74) is 3.85. The van der Waals surface area contributed by atoms with Gasteiger partial charge in [0.05, 0.1) is 37.2 Å². The Bertz CT molecular complexity index is 1120. The number of carbonyl (C=O) groups excluding carboxylic acids is 3. The molecule has 9 heteroatoms. The predicted octanol–water partition coefficient (Wildman–Crippen LogP) is 6.62. The van der Waals surface area contributed by atoms with Gasteiger partial charge in [-0.15, -0.1) is 0 Å². The largest absolute Gasteiger partial charge is 0.391 e. The molecule has 9 nitrogen and oxygen atoms in total. The lowest BCUT2D eigenvalue weighted by Gasteiger charge is -2.53. The molecule has 5 unspecified atom stereocenters. The number of ether oxygens (including phenoxy) is 2. The normalized spacial score (nSPS) is 20.0. The first-order valence-corrected chi connectivity index (χ1v) is 16.9. The molecular weight excluding hydrogens is 582 g/mol. The van der Waals surface area contributed by atoms with Crippen molar-refractivity contribution in [2.75, 3.05) is 6.61 Å². The lowest BCUT2D eigenvalue weighted by molar-refractivity contribution is -0.164. The van der Waals surface area contributed by atoms with Crippen molar-refractivity contribution >= 4 is 17.8 Å². The molecule has 4 N–H and O–H groups in total. The van der Waals surface area contributed by atoms with Crippen LogP contribution in [0.4, 0.5) is 0 Å². The van der Waals surface area contributed by atoms with E-state index in [1.807, 2.05) is 41.5 Å². The predicted molar refractivity (Wildman–Crippen MR) is 182 cm³/mol. The number of nitrogens with two attached hydrogens (primary N) is 1. The summed E-state index contributed by atoms with van der Waals surface area (Å²) in [6.45, 7) is 27.1. The first kappa shape index (κ1) is 41.7. The van der Waals surface area contributed by atoms with Gasteiger partial charge >= 0.3 is 11.9 Å². The fourth-order valence-electron chi connectivity index (χ4n) is 6.01. The number of carbonyl (C=O) groups is 3. The maximum absolute atomic E-state index is 13.6. The highest BCUT2D eigenvalue weighted by Crippen LogP contribution is 2.51. The van der Waals surface area contributed by atoms with E-state index >= 15 is 0 Å². The van der Waals surface area contributed by atoms with Crippen LogP contribution in [-0.4, -0.2) is 53.3 Å². The highest BCUT2D eigenvalue weighted by Gasteiger charge is 2.52. The van der Waals surface area contributed by atoms with Crippen LogP contribution in [0.15, 0.2) is 12.2 Å². The molecule has 1 fully saturated rings. The Balaban J connectivity index is 3.23. The molecule has 0 radical (unpaired) electrons. The van der Waals surface area contributed by atoms with E-state index in [4.69, 9.17) is 20.5 Å². The first-order chi connectivity index (χ1) is 20.7. The monoisotopic (exact) mass is 647 g/mol. The Kier molecular flexibility index (Phi) is 14.3. The number of hydrogen-bond acceptors (Lipinski definition) is 8. The molecule has 0 aromatic rings. The minimum Gasteiger partial charge on any atom is -0.391 e. The maximum Gasteiger partial charge on any atom is 0.338 e. The number of nitrogens with one attached hydrogen (secondary N) is 1. The van der Waals surface area contributed by atoms with Crippen LogP contribution in [0.1, 0.15) is 135 Å². The minimum atomic E-state index is -1.12. The third-order valence-electron chi connectivity index (χ3n) is 11.3. The summed E-state index contributed by atoms with van der Waals surface area (Å²) >= 11 is 0. The van der Waals surface area contributed by atoms with Crippen molar-refractivity contribution in [3.63, 3.8) is 0 Å². The summed E-state index contributed by atoms with van der Waals surface area (Å²) in [5, 5.41) is 23.7. The topological polar surface area (TPSA) is 152 Å². The number of aliphatic hydroxyl groups excluding tert-OH is 1. The molecule has 0 bridgehead atoms. The molecule has 0 aromatic carbocycles. The van der Waals surface area contributed by atoms with Crippen LogP contribution in [0.2, 0.25) is 0 Å². The van der Waals surface area contributed by atoms with Gasteiger partial charge in [0.15, 0.2) is 0 Å². The van der Waals surface area contributed by atoms with E-state index in [0.717, 1.165) is 6.42 Å². The SMILES string of the molecule is CCC(C)(C)C(CC(C)(C)C(C)(N)C(O)CC(C)(C)C(C)(C)C(CC(C)(C)C)OCCC#N)C(=O)OC(=O)/C=C/C1CCC(=O)N1. The van der Waals surface area contributed by atoms with E-state index in [-0.39, 0.29) is 28.9 Å². The lowest BCUT2D eigenvalue weighted by atomic mass is 9.56. The van der Waals surface area contributed by atoms with Gasteiger partial charge in [0.2, 0.25) is 5.91 Å². The van der Waals surface area contributed by atoms with Crippen LogP contribution in [0.25, 0.3) is 0 Å². The Labute approximate surface area is 279 Å². The Hall–Kier alpha value is -2.28. The van der Waals surface area contributed by atoms with Gasteiger partial charge in [0.25, 0.3) is 0 Å². The number of amides is 1. The summed E-state index contributed by atoms with van der Waals surface area (Å²) < 4.78 is 11.6. The third kappa shape index (κ3) is 11.2. The van der Waals surface area contributed by atoms with Crippen LogP contribution < -0.4 is 11.1 Å². The van der Waals surface area contributed by atoms with Gasteiger partial charge in [-0.1, -0.05) is 95.6 Å². The van der Waals surface area contributed by atoms with Gasteiger partial charge in [-0.3, -0.25) is 9.59 Å². The van der Waals surface area contributed by atoms with Crippen molar-refractivity contribution in [3.8, 4) is 6.07 Å². The van der Waals surface area contributed by atoms with Gasteiger partial charge in [-0.2, -0.15) is 5.26 Å². The number of aliphatic hydroxyl groups is 1. The van der Waals surface area contributed by atoms with E-state index < -0.39 is 45.7 Å². The molecule has 0 spiro atoms. The van der Waals surface area contributed by atoms with E-state index in [9.17, 15) is 19.5 Å². The highest BCUT2D eigenvalue weighted by atomic mass is 16.6. The number of nitrogens with zero attached hydrogens (tertiary/aromatic N) is 1. The van der Waals surface area contributed by atoms with Crippen LogP contribution in [0.3, 0.4) is 0 Å². The fraction of sp³-hybridized carbons (Fsp3) is 0.838. The zero-order valence-corrected chi connectivity index (χ0v) is 31.1. The molecule has 0 aliphatic carbocycles. The molecule has 1 aliphatic rings. The second-order valence-electron chi connectivity index (χ2n) is 17.4. The number of hydrogen-bond donors (Lipinski definition) is 3. The van der Waals surface area contributed by atoms with Crippen molar-refractivity contribution < 1.29 is 29.0 Å². The van der Waals surface area contributed by atoms with Gasteiger partial charge in [-0.05, 0) is 59.7 Å². The van der Waals surface area contributed by atoms with E-state index in [0.29, 0.717) is 45.1 Å². The minimum absolute atomic E-state index is 0.00698. The zero-order chi connectivity index (χ0) is 35.9. The number of rotatable bonds is 17. The molecule has 46 heavy (non-hydrogen) atoms. The number of nitriles is 1. The van der Waals surface area contributed by atoms with Gasteiger partial charge in [0, 0.05) is 24.1 Å². The molecule has 264 valence electrons. The third-order valence-corrected chi connectivity index (χ3v) is 11.3. The molecule has 1 amide bonds. The zero-order valence-electron chi connectivity index (χ0n) is 31.1. The van der Waals surface area contributed by atoms with Crippen LogP contribution in [-0.2, 0) is 23.9 Å². The quantitative estimate of drug-likeness (QED) is 0.0690. The molecule has 1 rings (SSSR count). The average molecular weight is 648 g/mol. The number of esters is 2.